The Morgan fingerprint density at radius 1 is 1.35 bits per heavy atom. The van der Waals surface area contributed by atoms with Gasteiger partial charge in [0, 0.05) is 25.7 Å². The maximum absolute atomic E-state index is 12.0. The van der Waals surface area contributed by atoms with Crippen molar-refractivity contribution in [3.8, 4) is 0 Å². The molecule has 1 rings (SSSR count). The summed E-state index contributed by atoms with van der Waals surface area (Å²) in [6.07, 6.45) is 0. The van der Waals surface area contributed by atoms with E-state index in [4.69, 9.17) is 4.74 Å². The Labute approximate surface area is 104 Å². The molecule has 1 heterocycles. The monoisotopic (exact) mass is 243 g/mol. The van der Waals surface area contributed by atoms with E-state index in [-0.39, 0.29) is 12.1 Å². The van der Waals surface area contributed by atoms with Crippen LogP contribution in [0.25, 0.3) is 0 Å². The molecule has 5 nitrogen and oxygen atoms in total. The van der Waals surface area contributed by atoms with Crippen LogP contribution in [0.3, 0.4) is 0 Å². The molecule has 17 heavy (non-hydrogen) atoms. The average Bonchev–Trinajstić information content (AvgIpc) is 2.28. The van der Waals surface area contributed by atoms with E-state index in [1.165, 1.54) is 0 Å². The van der Waals surface area contributed by atoms with Crippen LogP contribution in [0.2, 0.25) is 0 Å². The number of ether oxygens (including phenoxy) is 1. The van der Waals surface area contributed by atoms with E-state index in [9.17, 15) is 4.79 Å². The van der Waals surface area contributed by atoms with Gasteiger partial charge in [-0.3, -0.25) is 0 Å². The van der Waals surface area contributed by atoms with Crippen LogP contribution in [0.1, 0.15) is 13.8 Å². The molecule has 0 aromatic rings. The summed E-state index contributed by atoms with van der Waals surface area (Å²) in [6, 6.07) is 0.231. The van der Waals surface area contributed by atoms with Crippen molar-refractivity contribution in [1.29, 1.82) is 0 Å². The molecule has 0 bridgehead atoms. The van der Waals surface area contributed by atoms with Crippen molar-refractivity contribution in [3.05, 3.63) is 0 Å². The lowest BCUT2D eigenvalue weighted by atomic mass is 10.0. The number of amides is 2. The van der Waals surface area contributed by atoms with Crippen molar-refractivity contribution in [2.75, 3.05) is 46.9 Å². The maximum Gasteiger partial charge on any atom is 0.317 e. The number of hydrogen-bond acceptors (Lipinski definition) is 3. The number of hydrogen-bond donors (Lipinski definition) is 1. The summed E-state index contributed by atoms with van der Waals surface area (Å²) in [6.45, 7) is 7.81. The molecular formula is C12H25N3O2. The highest BCUT2D eigenvalue weighted by Crippen LogP contribution is 2.05. The number of nitrogens with one attached hydrogen (secondary N) is 1. The molecule has 1 atom stereocenters. The molecule has 100 valence electrons. The van der Waals surface area contributed by atoms with Crippen LogP contribution < -0.4 is 5.32 Å². The Hall–Kier alpha value is -0.810. The van der Waals surface area contributed by atoms with Crippen LogP contribution in [-0.2, 0) is 4.74 Å². The van der Waals surface area contributed by atoms with E-state index in [1.54, 1.807) is 0 Å². The smallest absolute Gasteiger partial charge is 0.317 e. The van der Waals surface area contributed by atoms with Gasteiger partial charge in [0.15, 0.2) is 0 Å². The minimum Gasteiger partial charge on any atom is -0.378 e. The molecule has 0 aromatic heterocycles. The number of likely N-dealkylation sites (N-methyl/N-ethyl adjacent to an activating group) is 1. The molecule has 5 heteroatoms. The lowest BCUT2D eigenvalue weighted by Crippen LogP contribution is -2.52. The Morgan fingerprint density at radius 3 is 2.41 bits per heavy atom. The molecule has 1 unspecified atom stereocenters. The third kappa shape index (κ3) is 4.91. The Kier molecular flexibility index (Phi) is 5.71. The predicted molar refractivity (Wildman–Crippen MR) is 68.1 cm³/mol. The Bertz CT molecular complexity index is 238. The van der Waals surface area contributed by atoms with E-state index >= 15 is 0 Å². The van der Waals surface area contributed by atoms with Crippen LogP contribution in [0.15, 0.2) is 0 Å². The second-order valence-corrected chi connectivity index (χ2v) is 5.16. The van der Waals surface area contributed by atoms with Gasteiger partial charge in [-0.2, -0.15) is 0 Å². The molecule has 1 saturated heterocycles. The molecule has 0 aliphatic carbocycles. The van der Waals surface area contributed by atoms with Crippen molar-refractivity contribution in [1.82, 2.24) is 15.1 Å². The highest BCUT2D eigenvalue weighted by Gasteiger charge is 2.22. The molecule has 1 aliphatic rings. The molecule has 1 fully saturated rings. The van der Waals surface area contributed by atoms with Crippen molar-refractivity contribution in [2.24, 2.45) is 5.92 Å². The van der Waals surface area contributed by atoms with E-state index in [2.05, 4.69) is 24.1 Å². The number of morpholine rings is 1. The first-order valence-corrected chi connectivity index (χ1v) is 6.28. The predicted octanol–water partition coefficient (Wildman–Crippen LogP) is 0.614. The van der Waals surface area contributed by atoms with Crippen LogP contribution >= 0.6 is 0 Å². The summed E-state index contributed by atoms with van der Waals surface area (Å²) < 4.78 is 5.24. The molecule has 0 saturated carbocycles. The van der Waals surface area contributed by atoms with Crippen LogP contribution in [0.4, 0.5) is 4.79 Å². The lowest BCUT2D eigenvalue weighted by Gasteiger charge is -2.31. The highest BCUT2D eigenvalue weighted by molar-refractivity contribution is 5.74. The molecule has 0 spiro atoms. The molecule has 0 aromatic carbocycles. The van der Waals surface area contributed by atoms with Gasteiger partial charge in [-0.1, -0.05) is 13.8 Å². The molecule has 0 radical (unpaired) electrons. The van der Waals surface area contributed by atoms with E-state index in [0.29, 0.717) is 32.2 Å². The first kappa shape index (κ1) is 14.3. The largest absolute Gasteiger partial charge is 0.378 e. The SMILES string of the molecule is CC(C)C(CN(C)C)NC(=O)N1CCOCC1. The summed E-state index contributed by atoms with van der Waals surface area (Å²) in [4.78, 5) is 16.0. The third-order valence-electron chi connectivity index (χ3n) is 2.97. The highest BCUT2D eigenvalue weighted by atomic mass is 16.5. The maximum atomic E-state index is 12.0. The summed E-state index contributed by atoms with van der Waals surface area (Å²) in [7, 11) is 4.05. The Balaban J connectivity index is 2.44. The summed E-state index contributed by atoms with van der Waals surface area (Å²) in [5.41, 5.74) is 0. The zero-order valence-electron chi connectivity index (χ0n) is 11.4. The fourth-order valence-electron chi connectivity index (χ4n) is 1.83. The average molecular weight is 243 g/mol. The van der Waals surface area contributed by atoms with Gasteiger partial charge in [-0.05, 0) is 20.0 Å². The normalized spacial score (nSPS) is 18.6. The van der Waals surface area contributed by atoms with Crippen molar-refractivity contribution in [2.45, 2.75) is 19.9 Å². The molecular weight excluding hydrogens is 218 g/mol. The number of urea groups is 1. The molecule has 1 N–H and O–H groups in total. The minimum atomic E-state index is 0.0360. The quantitative estimate of drug-likeness (QED) is 0.787. The minimum absolute atomic E-state index is 0.0360. The molecule has 2 amide bonds. The van der Waals surface area contributed by atoms with Gasteiger partial charge < -0.3 is 19.9 Å². The van der Waals surface area contributed by atoms with Crippen LogP contribution in [-0.4, -0.2) is 68.8 Å². The van der Waals surface area contributed by atoms with E-state index < -0.39 is 0 Å². The second kappa shape index (κ2) is 6.81. The summed E-state index contributed by atoms with van der Waals surface area (Å²) in [5, 5.41) is 3.11. The first-order chi connectivity index (χ1) is 8.00. The molecule has 1 aliphatic heterocycles. The van der Waals surface area contributed by atoms with E-state index in [1.807, 2.05) is 19.0 Å². The number of nitrogens with zero attached hydrogens (tertiary/aromatic N) is 2. The fraction of sp³-hybridized carbons (Fsp3) is 0.917. The number of carbonyl (C=O) groups is 1. The zero-order valence-corrected chi connectivity index (χ0v) is 11.4. The van der Waals surface area contributed by atoms with Crippen LogP contribution in [0.5, 0.6) is 0 Å². The lowest BCUT2D eigenvalue weighted by molar-refractivity contribution is 0.0517. The summed E-state index contributed by atoms with van der Waals surface area (Å²) >= 11 is 0. The fourth-order valence-corrected chi connectivity index (χ4v) is 1.83. The van der Waals surface area contributed by atoms with Gasteiger partial charge in [-0.25, -0.2) is 4.79 Å². The van der Waals surface area contributed by atoms with Gasteiger partial charge in [0.05, 0.1) is 13.2 Å². The van der Waals surface area contributed by atoms with Crippen molar-refractivity contribution < 1.29 is 9.53 Å². The third-order valence-corrected chi connectivity index (χ3v) is 2.97. The van der Waals surface area contributed by atoms with Gasteiger partial charge in [0.25, 0.3) is 0 Å². The summed E-state index contributed by atoms with van der Waals surface area (Å²) in [5.74, 6) is 0.433. The number of rotatable bonds is 4. The van der Waals surface area contributed by atoms with Gasteiger partial charge in [0.1, 0.15) is 0 Å². The van der Waals surface area contributed by atoms with Crippen molar-refractivity contribution >= 4 is 6.03 Å². The topological polar surface area (TPSA) is 44.8 Å². The van der Waals surface area contributed by atoms with E-state index in [0.717, 1.165) is 6.54 Å². The van der Waals surface area contributed by atoms with Gasteiger partial charge in [0.2, 0.25) is 0 Å². The number of carbonyl (C=O) groups excluding carboxylic acids is 1. The Morgan fingerprint density at radius 2 is 1.94 bits per heavy atom. The first-order valence-electron chi connectivity index (χ1n) is 6.28. The standard InChI is InChI=1S/C12H25N3O2/c1-10(2)11(9-14(3)4)13-12(16)15-5-7-17-8-6-15/h10-11H,5-9H2,1-4H3,(H,13,16). The van der Waals surface area contributed by atoms with Gasteiger partial charge >= 0.3 is 6.03 Å². The van der Waals surface area contributed by atoms with Crippen molar-refractivity contribution in [3.63, 3.8) is 0 Å². The van der Waals surface area contributed by atoms with Gasteiger partial charge in [-0.15, -0.1) is 0 Å². The van der Waals surface area contributed by atoms with Crippen LogP contribution in [0, 0.1) is 5.92 Å². The zero-order chi connectivity index (χ0) is 12.8. The second-order valence-electron chi connectivity index (χ2n) is 5.16.